The zero-order chi connectivity index (χ0) is 21.0. The summed E-state index contributed by atoms with van der Waals surface area (Å²) in [5, 5.41) is 6.91. The zero-order valence-electron chi connectivity index (χ0n) is 19.0. The molecule has 2 N–H and O–H groups in total. The van der Waals surface area contributed by atoms with Crippen molar-refractivity contribution in [2.75, 3.05) is 56.0 Å². The molecule has 3 heterocycles. The van der Waals surface area contributed by atoms with Crippen molar-refractivity contribution in [1.82, 2.24) is 20.2 Å². The average molecular weight is 411 g/mol. The number of piperazine rings is 1. The summed E-state index contributed by atoms with van der Waals surface area (Å²) in [4.78, 5) is 14.5. The van der Waals surface area contributed by atoms with Gasteiger partial charge in [-0.05, 0) is 63.9 Å². The highest BCUT2D eigenvalue weighted by molar-refractivity contribution is 5.53. The van der Waals surface area contributed by atoms with E-state index in [1.165, 1.54) is 45.3 Å². The Morgan fingerprint density at radius 1 is 1.20 bits per heavy atom. The van der Waals surface area contributed by atoms with E-state index in [0.717, 1.165) is 55.1 Å². The van der Waals surface area contributed by atoms with Crippen molar-refractivity contribution in [2.45, 2.75) is 46.5 Å². The Morgan fingerprint density at radius 3 is 2.53 bits per heavy atom. The molecule has 0 amide bonds. The Morgan fingerprint density at radius 2 is 1.93 bits per heavy atom. The van der Waals surface area contributed by atoms with Gasteiger partial charge in [0.25, 0.3) is 0 Å². The molecular formula is C24H38N6. The van der Waals surface area contributed by atoms with E-state index in [1.54, 1.807) is 0 Å². The fourth-order valence-electron chi connectivity index (χ4n) is 5.04. The van der Waals surface area contributed by atoms with Gasteiger partial charge >= 0.3 is 0 Å². The number of allylic oxidation sites excluding steroid dienone is 3. The summed E-state index contributed by atoms with van der Waals surface area (Å²) in [6.45, 7) is 14.2. The highest BCUT2D eigenvalue weighted by Crippen LogP contribution is 2.41. The van der Waals surface area contributed by atoms with Gasteiger partial charge in [0.05, 0.1) is 0 Å². The van der Waals surface area contributed by atoms with Gasteiger partial charge in [-0.15, -0.1) is 0 Å². The molecule has 1 aliphatic carbocycles. The van der Waals surface area contributed by atoms with Crippen molar-refractivity contribution < 1.29 is 0 Å². The summed E-state index contributed by atoms with van der Waals surface area (Å²) >= 11 is 0. The molecule has 0 bridgehead atoms. The SMILES string of the molecule is C/C=C\C(=C/C)Nc1nc(N2CCN(CC3CCC4(CC3)CNC4)CC2)ncc1C. The van der Waals surface area contributed by atoms with Crippen molar-refractivity contribution in [2.24, 2.45) is 11.3 Å². The first-order valence-electron chi connectivity index (χ1n) is 11.7. The molecule has 164 valence electrons. The van der Waals surface area contributed by atoms with E-state index < -0.39 is 0 Å². The van der Waals surface area contributed by atoms with Gasteiger partial charge < -0.3 is 15.5 Å². The standard InChI is InChI=1S/C24H38N6/c1-4-6-21(5-2)27-22-19(3)15-26-23(28-22)30-13-11-29(12-14-30)16-20-7-9-24(10-8-20)17-25-18-24/h4-6,15,20,25H,7-14,16-18H2,1-3H3,(H,26,27,28)/b6-4-,21-5+. The molecule has 0 unspecified atom stereocenters. The lowest BCUT2D eigenvalue weighted by molar-refractivity contribution is 0.0674. The average Bonchev–Trinajstić information content (AvgIpc) is 2.75. The molecule has 1 spiro atoms. The van der Waals surface area contributed by atoms with Crippen LogP contribution in [0.15, 0.2) is 30.1 Å². The number of aromatic nitrogens is 2. The lowest BCUT2D eigenvalue weighted by Crippen LogP contribution is -2.55. The number of aryl methyl sites for hydroxylation is 1. The number of hydrogen-bond acceptors (Lipinski definition) is 6. The minimum Gasteiger partial charge on any atom is -0.340 e. The Hall–Kier alpha value is -1.92. The van der Waals surface area contributed by atoms with E-state index >= 15 is 0 Å². The van der Waals surface area contributed by atoms with Crippen LogP contribution in [0.2, 0.25) is 0 Å². The first-order chi connectivity index (χ1) is 14.6. The fourth-order valence-corrected chi connectivity index (χ4v) is 5.04. The predicted molar refractivity (Wildman–Crippen MR) is 125 cm³/mol. The van der Waals surface area contributed by atoms with E-state index in [0.29, 0.717) is 5.41 Å². The summed E-state index contributed by atoms with van der Waals surface area (Å²) in [6.07, 6.45) is 13.8. The van der Waals surface area contributed by atoms with Crippen LogP contribution in [0, 0.1) is 18.3 Å². The number of anilines is 2. The lowest BCUT2D eigenvalue weighted by Gasteiger charge is -2.48. The van der Waals surface area contributed by atoms with Crippen LogP contribution in [0.3, 0.4) is 0 Å². The van der Waals surface area contributed by atoms with Crippen LogP contribution in [0.1, 0.15) is 45.1 Å². The highest BCUT2D eigenvalue weighted by Gasteiger charge is 2.40. The molecule has 1 saturated carbocycles. The van der Waals surface area contributed by atoms with Gasteiger partial charge in [-0.1, -0.05) is 12.2 Å². The summed E-state index contributed by atoms with van der Waals surface area (Å²) in [5.41, 5.74) is 2.80. The highest BCUT2D eigenvalue weighted by atomic mass is 15.3. The number of rotatable bonds is 6. The number of nitrogens with zero attached hydrogens (tertiary/aromatic N) is 4. The third-order valence-corrected chi connectivity index (χ3v) is 7.22. The van der Waals surface area contributed by atoms with Crippen LogP contribution >= 0.6 is 0 Å². The van der Waals surface area contributed by atoms with Crippen LogP contribution < -0.4 is 15.5 Å². The monoisotopic (exact) mass is 410 g/mol. The molecule has 0 radical (unpaired) electrons. The second kappa shape index (κ2) is 9.48. The van der Waals surface area contributed by atoms with Crippen molar-refractivity contribution in [1.29, 1.82) is 0 Å². The first kappa shape index (κ1) is 21.3. The van der Waals surface area contributed by atoms with E-state index in [9.17, 15) is 0 Å². The van der Waals surface area contributed by atoms with E-state index in [2.05, 4.69) is 44.5 Å². The topological polar surface area (TPSA) is 56.3 Å². The van der Waals surface area contributed by atoms with Crippen LogP contribution in [-0.2, 0) is 0 Å². The molecule has 4 rings (SSSR count). The van der Waals surface area contributed by atoms with Crippen LogP contribution in [0.25, 0.3) is 0 Å². The van der Waals surface area contributed by atoms with Crippen molar-refractivity contribution >= 4 is 11.8 Å². The van der Waals surface area contributed by atoms with E-state index in [-0.39, 0.29) is 0 Å². The largest absolute Gasteiger partial charge is 0.340 e. The van der Waals surface area contributed by atoms with Gasteiger partial charge in [0, 0.05) is 63.3 Å². The maximum absolute atomic E-state index is 4.84. The summed E-state index contributed by atoms with van der Waals surface area (Å²) in [5.74, 6) is 2.63. The van der Waals surface area contributed by atoms with Crippen LogP contribution in [0.5, 0.6) is 0 Å². The predicted octanol–water partition coefficient (Wildman–Crippen LogP) is 3.58. The van der Waals surface area contributed by atoms with Crippen molar-refractivity contribution in [3.63, 3.8) is 0 Å². The second-order valence-corrected chi connectivity index (χ2v) is 9.41. The van der Waals surface area contributed by atoms with Crippen LogP contribution in [0.4, 0.5) is 11.8 Å². The molecule has 2 aliphatic heterocycles. The van der Waals surface area contributed by atoms with Crippen molar-refractivity contribution in [3.8, 4) is 0 Å². The lowest BCUT2D eigenvalue weighted by atomic mass is 9.67. The first-order valence-corrected chi connectivity index (χ1v) is 11.7. The smallest absolute Gasteiger partial charge is 0.227 e. The Bertz CT molecular complexity index is 764. The van der Waals surface area contributed by atoms with Gasteiger partial charge in [0.15, 0.2) is 0 Å². The molecule has 6 nitrogen and oxygen atoms in total. The van der Waals surface area contributed by atoms with E-state index in [4.69, 9.17) is 4.98 Å². The minimum absolute atomic E-state index is 0.670. The van der Waals surface area contributed by atoms with Crippen molar-refractivity contribution in [3.05, 3.63) is 35.7 Å². The molecule has 1 aromatic heterocycles. The third-order valence-electron chi connectivity index (χ3n) is 7.22. The molecule has 30 heavy (non-hydrogen) atoms. The van der Waals surface area contributed by atoms with Gasteiger partial charge in [0.2, 0.25) is 5.95 Å². The molecule has 6 heteroatoms. The fraction of sp³-hybridized carbons (Fsp3) is 0.667. The minimum atomic E-state index is 0.670. The van der Waals surface area contributed by atoms with Crippen LogP contribution in [-0.4, -0.2) is 60.7 Å². The Labute approximate surface area is 181 Å². The van der Waals surface area contributed by atoms with Gasteiger partial charge in [-0.3, -0.25) is 4.90 Å². The molecule has 3 aliphatic rings. The molecule has 2 saturated heterocycles. The third kappa shape index (κ3) is 4.86. The summed E-state index contributed by atoms with van der Waals surface area (Å²) in [7, 11) is 0. The molecule has 0 atom stereocenters. The zero-order valence-corrected chi connectivity index (χ0v) is 19.0. The molecule has 0 aromatic carbocycles. The van der Waals surface area contributed by atoms with Gasteiger partial charge in [-0.2, -0.15) is 4.98 Å². The summed E-state index contributed by atoms with van der Waals surface area (Å²) < 4.78 is 0. The van der Waals surface area contributed by atoms with Gasteiger partial charge in [0.1, 0.15) is 5.82 Å². The summed E-state index contributed by atoms with van der Waals surface area (Å²) in [6, 6.07) is 0. The number of nitrogens with one attached hydrogen (secondary N) is 2. The number of hydrogen-bond donors (Lipinski definition) is 2. The Kier molecular flexibility index (Phi) is 6.74. The normalized spacial score (nSPS) is 23.2. The second-order valence-electron chi connectivity index (χ2n) is 9.41. The quantitative estimate of drug-likeness (QED) is 0.699. The maximum Gasteiger partial charge on any atom is 0.227 e. The molecule has 1 aromatic rings. The van der Waals surface area contributed by atoms with E-state index in [1.807, 2.05) is 26.1 Å². The molecular weight excluding hydrogens is 372 g/mol. The molecule has 3 fully saturated rings. The maximum atomic E-state index is 4.84. The Balaban J connectivity index is 1.29. The van der Waals surface area contributed by atoms with Gasteiger partial charge in [-0.25, -0.2) is 4.98 Å².